The van der Waals surface area contributed by atoms with Crippen molar-refractivity contribution in [3.63, 3.8) is 0 Å². The second kappa shape index (κ2) is 7.63. The van der Waals surface area contributed by atoms with Crippen LogP contribution in [-0.2, 0) is 4.79 Å². The molecule has 3 N–H and O–H groups in total. The van der Waals surface area contributed by atoms with Crippen LogP contribution in [0.2, 0.25) is 0 Å². The zero-order valence-corrected chi connectivity index (χ0v) is 11.0. The van der Waals surface area contributed by atoms with E-state index in [1.165, 1.54) is 0 Å². The Morgan fingerprint density at radius 3 is 2.50 bits per heavy atom. The first kappa shape index (κ1) is 15.4. The zero-order valence-electron chi connectivity index (χ0n) is 11.0. The Hall–Kier alpha value is -0.610. The lowest BCUT2D eigenvalue weighted by Crippen LogP contribution is -2.44. The Bertz CT molecular complexity index is 203. The fourth-order valence-electron chi connectivity index (χ4n) is 1.42. The number of hydrogen-bond acceptors (Lipinski definition) is 3. The van der Waals surface area contributed by atoms with Crippen LogP contribution in [0, 0.1) is 0 Å². The van der Waals surface area contributed by atoms with E-state index in [1.54, 1.807) is 0 Å². The molecular formula is C12H26N2O2. The van der Waals surface area contributed by atoms with Gasteiger partial charge in [-0.05, 0) is 33.2 Å². The Morgan fingerprint density at radius 1 is 1.38 bits per heavy atom. The Morgan fingerprint density at radius 2 is 2.00 bits per heavy atom. The van der Waals surface area contributed by atoms with Gasteiger partial charge in [0.15, 0.2) is 0 Å². The van der Waals surface area contributed by atoms with Crippen molar-refractivity contribution in [2.45, 2.75) is 58.5 Å². The molecule has 0 aromatic carbocycles. The van der Waals surface area contributed by atoms with Gasteiger partial charge in [-0.1, -0.05) is 13.8 Å². The second-order valence-electron chi connectivity index (χ2n) is 5.12. The van der Waals surface area contributed by atoms with E-state index < -0.39 is 0 Å². The molecule has 0 aromatic rings. The molecule has 0 spiro atoms. The number of amides is 1. The molecular weight excluding hydrogens is 204 g/mol. The number of rotatable bonds is 8. The van der Waals surface area contributed by atoms with E-state index in [4.69, 9.17) is 5.11 Å². The maximum Gasteiger partial charge on any atom is 0.220 e. The molecule has 0 rings (SSSR count). The van der Waals surface area contributed by atoms with Crippen LogP contribution in [0.4, 0.5) is 0 Å². The quantitative estimate of drug-likeness (QED) is 0.546. The van der Waals surface area contributed by atoms with Crippen molar-refractivity contribution in [1.82, 2.24) is 10.6 Å². The number of hydrogen-bond donors (Lipinski definition) is 3. The minimum atomic E-state index is -0.308. The lowest BCUT2D eigenvalue weighted by Gasteiger charge is -2.25. The van der Waals surface area contributed by atoms with Gasteiger partial charge in [0.2, 0.25) is 5.91 Å². The minimum absolute atomic E-state index is 0.0593. The molecule has 0 aliphatic heterocycles. The summed E-state index contributed by atoms with van der Waals surface area (Å²) in [6, 6.07) is 0.467. The predicted molar refractivity (Wildman–Crippen MR) is 66.3 cm³/mol. The average Bonchev–Trinajstić information content (AvgIpc) is 2.11. The van der Waals surface area contributed by atoms with E-state index >= 15 is 0 Å². The van der Waals surface area contributed by atoms with Crippen molar-refractivity contribution in [3.8, 4) is 0 Å². The molecule has 0 aliphatic carbocycles. The van der Waals surface area contributed by atoms with Gasteiger partial charge in [0.05, 0.1) is 0 Å². The molecule has 0 aliphatic rings. The van der Waals surface area contributed by atoms with Crippen molar-refractivity contribution >= 4 is 5.91 Å². The topological polar surface area (TPSA) is 61.4 Å². The van der Waals surface area contributed by atoms with Crippen LogP contribution in [0.15, 0.2) is 0 Å². The third kappa shape index (κ3) is 8.68. The monoisotopic (exact) mass is 230 g/mol. The third-order valence-electron chi connectivity index (χ3n) is 2.35. The first-order valence-electron chi connectivity index (χ1n) is 6.02. The maximum atomic E-state index is 11.6. The predicted octanol–water partition coefficient (Wildman–Crippen LogP) is 1.04. The molecule has 0 fully saturated rings. The van der Waals surface area contributed by atoms with E-state index in [0.717, 1.165) is 13.0 Å². The van der Waals surface area contributed by atoms with Crippen LogP contribution in [0.5, 0.6) is 0 Å². The van der Waals surface area contributed by atoms with Crippen molar-refractivity contribution in [2.75, 3.05) is 13.2 Å². The number of aliphatic hydroxyl groups excluding tert-OH is 1. The van der Waals surface area contributed by atoms with Crippen molar-refractivity contribution < 1.29 is 9.90 Å². The van der Waals surface area contributed by atoms with Crippen molar-refractivity contribution in [2.24, 2.45) is 0 Å². The van der Waals surface area contributed by atoms with Crippen LogP contribution in [0.1, 0.15) is 47.0 Å². The second-order valence-corrected chi connectivity index (χ2v) is 5.12. The van der Waals surface area contributed by atoms with Crippen LogP contribution in [0.25, 0.3) is 0 Å². The van der Waals surface area contributed by atoms with Gasteiger partial charge in [-0.2, -0.15) is 0 Å². The highest BCUT2D eigenvalue weighted by Gasteiger charge is 2.18. The maximum absolute atomic E-state index is 11.6. The lowest BCUT2D eigenvalue weighted by atomic mass is 10.0. The van der Waals surface area contributed by atoms with E-state index in [-0.39, 0.29) is 18.1 Å². The first-order valence-corrected chi connectivity index (χ1v) is 6.02. The molecule has 0 unspecified atom stereocenters. The number of nitrogens with one attached hydrogen (secondary N) is 2. The highest BCUT2D eigenvalue weighted by molar-refractivity contribution is 5.76. The van der Waals surface area contributed by atoms with Gasteiger partial charge >= 0.3 is 0 Å². The summed E-state index contributed by atoms with van der Waals surface area (Å²) in [7, 11) is 0. The van der Waals surface area contributed by atoms with Crippen LogP contribution in [0.3, 0.4) is 0 Å². The summed E-state index contributed by atoms with van der Waals surface area (Å²) < 4.78 is 0. The van der Waals surface area contributed by atoms with Gasteiger partial charge in [-0.25, -0.2) is 0 Å². The number of carbonyl (C=O) groups is 1. The Kier molecular flexibility index (Phi) is 7.34. The minimum Gasteiger partial charge on any atom is -0.396 e. The standard InChI is InChI=1S/C12H26N2O2/c1-10(2)13-8-5-6-11(16)14-12(3,4)7-9-15/h10,13,15H,5-9H2,1-4H3,(H,14,16). The SMILES string of the molecule is CC(C)NCCCC(=O)NC(C)(C)CCO. The average molecular weight is 230 g/mol. The molecule has 4 nitrogen and oxygen atoms in total. The highest BCUT2D eigenvalue weighted by atomic mass is 16.3. The summed E-state index contributed by atoms with van der Waals surface area (Å²) in [5, 5.41) is 15.0. The number of aliphatic hydroxyl groups is 1. The van der Waals surface area contributed by atoms with E-state index in [9.17, 15) is 4.79 Å². The highest BCUT2D eigenvalue weighted by Crippen LogP contribution is 2.07. The summed E-state index contributed by atoms with van der Waals surface area (Å²) in [5.74, 6) is 0.0593. The van der Waals surface area contributed by atoms with Gasteiger partial charge in [-0.3, -0.25) is 4.79 Å². The number of carbonyl (C=O) groups excluding carboxylic acids is 1. The van der Waals surface area contributed by atoms with Crippen LogP contribution in [-0.4, -0.2) is 35.7 Å². The molecule has 0 heterocycles. The molecule has 0 aromatic heterocycles. The van der Waals surface area contributed by atoms with E-state index in [1.807, 2.05) is 13.8 Å². The summed E-state index contributed by atoms with van der Waals surface area (Å²) >= 11 is 0. The van der Waals surface area contributed by atoms with E-state index in [2.05, 4.69) is 24.5 Å². The Balaban J connectivity index is 3.66. The smallest absolute Gasteiger partial charge is 0.220 e. The largest absolute Gasteiger partial charge is 0.396 e. The molecule has 0 atom stereocenters. The summed E-state index contributed by atoms with van der Waals surface area (Å²) in [5.41, 5.74) is -0.308. The zero-order chi connectivity index (χ0) is 12.6. The van der Waals surface area contributed by atoms with Gasteiger partial charge < -0.3 is 15.7 Å². The summed E-state index contributed by atoms with van der Waals surface area (Å²) in [6.45, 7) is 8.99. The fourth-order valence-corrected chi connectivity index (χ4v) is 1.42. The summed E-state index contributed by atoms with van der Waals surface area (Å²) in [6.07, 6.45) is 1.97. The van der Waals surface area contributed by atoms with Crippen molar-refractivity contribution in [1.29, 1.82) is 0 Å². The molecule has 0 bridgehead atoms. The Labute approximate surface area is 98.8 Å². The molecule has 0 radical (unpaired) electrons. The van der Waals surface area contributed by atoms with Gasteiger partial charge in [0.25, 0.3) is 0 Å². The van der Waals surface area contributed by atoms with Gasteiger partial charge in [-0.15, -0.1) is 0 Å². The third-order valence-corrected chi connectivity index (χ3v) is 2.35. The lowest BCUT2D eigenvalue weighted by molar-refractivity contribution is -0.122. The molecule has 0 saturated heterocycles. The molecule has 1 amide bonds. The molecule has 0 saturated carbocycles. The van der Waals surface area contributed by atoms with Gasteiger partial charge in [0, 0.05) is 24.6 Å². The van der Waals surface area contributed by atoms with Crippen LogP contribution >= 0.6 is 0 Å². The van der Waals surface area contributed by atoms with Crippen LogP contribution < -0.4 is 10.6 Å². The molecule has 16 heavy (non-hydrogen) atoms. The first-order chi connectivity index (χ1) is 7.37. The molecule has 4 heteroatoms. The van der Waals surface area contributed by atoms with Crippen molar-refractivity contribution in [3.05, 3.63) is 0 Å². The van der Waals surface area contributed by atoms with E-state index in [0.29, 0.717) is 18.9 Å². The molecule has 96 valence electrons. The normalized spacial score (nSPS) is 11.9. The summed E-state index contributed by atoms with van der Waals surface area (Å²) in [4.78, 5) is 11.6. The van der Waals surface area contributed by atoms with Gasteiger partial charge in [0.1, 0.15) is 0 Å². The fraction of sp³-hybridized carbons (Fsp3) is 0.917.